The molecule has 0 unspecified atom stereocenters. The first-order chi connectivity index (χ1) is 10.9. The fourth-order valence-corrected chi connectivity index (χ4v) is 3.96. The maximum atomic E-state index is 16.6. The highest BCUT2D eigenvalue weighted by Gasteiger charge is 2.44. The second-order valence-corrected chi connectivity index (χ2v) is 7.11. The summed E-state index contributed by atoms with van der Waals surface area (Å²) >= 11 is 0. The van der Waals surface area contributed by atoms with Crippen LogP contribution in [0.3, 0.4) is 0 Å². The summed E-state index contributed by atoms with van der Waals surface area (Å²) in [6.45, 7) is 9.06. The third kappa shape index (κ3) is 3.05. The van der Waals surface area contributed by atoms with Gasteiger partial charge in [0.05, 0.1) is 0 Å². The highest BCUT2D eigenvalue weighted by atomic mass is 19.1. The Balaban J connectivity index is 2.21. The minimum Gasteiger partial charge on any atom is -0.310 e. The second kappa shape index (κ2) is 6.09. The summed E-state index contributed by atoms with van der Waals surface area (Å²) in [5.41, 5.74) is 4.53. The molecule has 1 aliphatic rings. The number of hydrogen-bond acceptors (Lipinski definition) is 1. The predicted octanol–water partition coefficient (Wildman–Crippen LogP) is 4.89. The number of alkyl halides is 1. The van der Waals surface area contributed by atoms with Gasteiger partial charge < -0.3 is 5.32 Å². The first kappa shape index (κ1) is 16.2. The topological polar surface area (TPSA) is 12.0 Å². The van der Waals surface area contributed by atoms with Crippen LogP contribution < -0.4 is 5.32 Å². The molecule has 1 fully saturated rings. The number of benzene rings is 2. The molecule has 122 valence electrons. The lowest BCUT2D eigenvalue weighted by Crippen LogP contribution is -2.43. The maximum Gasteiger partial charge on any atom is 0.176 e. The van der Waals surface area contributed by atoms with Gasteiger partial charge in [-0.1, -0.05) is 58.7 Å². The Labute approximate surface area is 138 Å². The average Bonchev–Trinajstić information content (AvgIpc) is 2.98. The van der Waals surface area contributed by atoms with Crippen LogP contribution >= 0.6 is 0 Å². The molecule has 1 aliphatic heterocycles. The lowest BCUT2D eigenvalue weighted by atomic mass is 9.79. The first-order valence-electron chi connectivity index (χ1n) is 8.49. The van der Waals surface area contributed by atoms with Crippen molar-refractivity contribution in [2.24, 2.45) is 0 Å². The molecule has 1 N–H and O–H groups in total. The number of aryl methyl sites for hydroxylation is 4. The number of rotatable bonds is 3. The zero-order valence-electron chi connectivity index (χ0n) is 14.5. The molecule has 2 aromatic rings. The molecule has 2 aromatic carbocycles. The molecule has 2 heteroatoms. The second-order valence-electron chi connectivity index (χ2n) is 7.11. The van der Waals surface area contributed by atoms with Gasteiger partial charge in [0.2, 0.25) is 0 Å². The Morgan fingerprint density at radius 2 is 1.26 bits per heavy atom. The van der Waals surface area contributed by atoms with Gasteiger partial charge in [0.15, 0.2) is 5.67 Å². The summed E-state index contributed by atoms with van der Waals surface area (Å²) in [5, 5.41) is 3.40. The highest BCUT2D eigenvalue weighted by Crippen LogP contribution is 2.41. The normalized spacial score (nSPS) is 18.4. The average molecular weight is 311 g/mol. The van der Waals surface area contributed by atoms with E-state index in [9.17, 15) is 0 Å². The zero-order valence-corrected chi connectivity index (χ0v) is 14.5. The van der Waals surface area contributed by atoms with E-state index >= 15 is 4.39 Å². The smallest absolute Gasteiger partial charge is 0.176 e. The van der Waals surface area contributed by atoms with Crippen molar-refractivity contribution in [3.05, 3.63) is 69.8 Å². The van der Waals surface area contributed by atoms with Crippen LogP contribution in [0.15, 0.2) is 36.4 Å². The van der Waals surface area contributed by atoms with E-state index in [1.54, 1.807) is 0 Å². The molecule has 0 bridgehead atoms. The van der Waals surface area contributed by atoms with Crippen LogP contribution in [0.2, 0.25) is 0 Å². The van der Waals surface area contributed by atoms with Crippen molar-refractivity contribution in [1.82, 2.24) is 5.32 Å². The van der Waals surface area contributed by atoms with Gasteiger partial charge in [-0.3, -0.25) is 0 Å². The van der Waals surface area contributed by atoms with Crippen LogP contribution in [0, 0.1) is 27.7 Å². The van der Waals surface area contributed by atoms with E-state index in [0.29, 0.717) is 0 Å². The monoisotopic (exact) mass is 311 g/mol. The van der Waals surface area contributed by atoms with Gasteiger partial charge in [-0.25, -0.2) is 4.39 Å². The lowest BCUT2D eigenvalue weighted by Gasteiger charge is -2.34. The van der Waals surface area contributed by atoms with E-state index in [-0.39, 0.29) is 6.04 Å². The molecule has 0 amide bonds. The summed E-state index contributed by atoms with van der Waals surface area (Å²) in [6, 6.07) is 12.1. The lowest BCUT2D eigenvalue weighted by molar-refractivity contribution is 0.163. The molecule has 1 nitrogen and oxygen atoms in total. The van der Waals surface area contributed by atoms with Crippen LogP contribution in [0.4, 0.5) is 4.39 Å². The van der Waals surface area contributed by atoms with Crippen molar-refractivity contribution in [2.45, 2.75) is 52.2 Å². The van der Waals surface area contributed by atoms with Crippen LogP contribution in [-0.4, -0.2) is 12.6 Å². The van der Waals surface area contributed by atoms with Crippen LogP contribution in [0.25, 0.3) is 0 Å². The molecule has 3 rings (SSSR count). The summed E-state index contributed by atoms with van der Waals surface area (Å²) < 4.78 is 16.6. The van der Waals surface area contributed by atoms with Crippen molar-refractivity contribution in [1.29, 1.82) is 0 Å². The van der Waals surface area contributed by atoms with Crippen LogP contribution in [0.5, 0.6) is 0 Å². The van der Waals surface area contributed by atoms with E-state index in [0.717, 1.165) is 52.8 Å². The van der Waals surface area contributed by atoms with Crippen molar-refractivity contribution in [3.63, 3.8) is 0 Å². The van der Waals surface area contributed by atoms with Crippen LogP contribution in [-0.2, 0) is 5.67 Å². The van der Waals surface area contributed by atoms with Gasteiger partial charge in [0.25, 0.3) is 0 Å². The van der Waals surface area contributed by atoms with Crippen molar-refractivity contribution in [3.8, 4) is 0 Å². The molecule has 0 radical (unpaired) electrons. The summed E-state index contributed by atoms with van der Waals surface area (Å²) in [4.78, 5) is 0. The van der Waals surface area contributed by atoms with Crippen molar-refractivity contribution < 1.29 is 4.39 Å². The van der Waals surface area contributed by atoms with Crippen molar-refractivity contribution in [2.75, 3.05) is 6.54 Å². The molecule has 0 aromatic heterocycles. The van der Waals surface area contributed by atoms with E-state index in [1.165, 1.54) is 0 Å². The molecule has 1 atom stereocenters. The SMILES string of the molecule is Cc1cc(C)cc(C(F)(c2cc(C)cc(C)c2)[C@@H]2CCCN2)c1. The molecule has 1 heterocycles. The molecule has 1 saturated heterocycles. The van der Waals surface area contributed by atoms with Gasteiger partial charge in [-0.15, -0.1) is 0 Å². The highest BCUT2D eigenvalue weighted by molar-refractivity contribution is 5.44. The molecule has 0 aliphatic carbocycles. The number of nitrogens with one attached hydrogen (secondary N) is 1. The predicted molar refractivity (Wildman–Crippen MR) is 94.7 cm³/mol. The third-order valence-corrected chi connectivity index (χ3v) is 4.82. The maximum absolute atomic E-state index is 16.6. The quantitative estimate of drug-likeness (QED) is 0.851. The fraction of sp³-hybridized carbons (Fsp3) is 0.429. The van der Waals surface area contributed by atoms with Gasteiger partial charge >= 0.3 is 0 Å². The summed E-state index contributed by atoms with van der Waals surface area (Å²) in [7, 11) is 0. The van der Waals surface area contributed by atoms with E-state index in [1.807, 2.05) is 52.0 Å². The van der Waals surface area contributed by atoms with Gasteiger partial charge in [0, 0.05) is 6.04 Å². The summed E-state index contributed by atoms with van der Waals surface area (Å²) in [5.74, 6) is 0. The number of halogens is 1. The molecule has 0 saturated carbocycles. The van der Waals surface area contributed by atoms with Gasteiger partial charge in [-0.05, 0) is 58.2 Å². The Morgan fingerprint density at radius 3 is 1.61 bits per heavy atom. The molecular weight excluding hydrogens is 285 g/mol. The first-order valence-corrected chi connectivity index (χ1v) is 8.49. The Bertz CT molecular complexity index is 622. The Morgan fingerprint density at radius 1 is 0.826 bits per heavy atom. The standard InChI is InChI=1S/C21H26FN/c1-14-8-15(2)11-18(10-14)21(22,20-6-5-7-23-20)19-12-16(3)9-17(4)13-19/h8-13,20,23H,5-7H2,1-4H3/t20-/m0/s1. The molecule has 23 heavy (non-hydrogen) atoms. The van der Waals surface area contributed by atoms with E-state index in [2.05, 4.69) is 17.4 Å². The van der Waals surface area contributed by atoms with E-state index in [4.69, 9.17) is 0 Å². The van der Waals surface area contributed by atoms with Crippen LogP contribution in [0.1, 0.15) is 46.2 Å². The molecular formula is C21H26FN. The zero-order chi connectivity index (χ0) is 16.6. The Kier molecular flexibility index (Phi) is 4.29. The summed E-state index contributed by atoms with van der Waals surface area (Å²) in [6.07, 6.45) is 1.91. The third-order valence-electron chi connectivity index (χ3n) is 4.82. The van der Waals surface area contributed by atoms with Gasteiger partial charge in [-0.2, -0.15) is 0 Å². The Hall–Kier alpha value is -1.67. The number of hydrogen-bond donors (Lipinski definition) is 1. The molecule has 0 spiro atoms. The van der Waals surface area contributed by atoms with Crippen molar-refractivity contribution >= 4 is 0 Å². The minimum absolute atomic E-state index is 0.162. The fourth-order valence-electron chi connectivity index (χ4n) is 3.96. The largest absolute Gasteiger partial charge is 0.310 e. The minimum atomic E-state index is -1.48. The van der Waals surface area contributed by atoms with Gasteiger partial charge in [0.1, 0.15) is 0 Å². The van der Waals surface area contributed by atoms with E-state index < -0.39 is 5.67 Å².